The number of hydrogen-bond donors (Lipinski definition) is 0. The number of alkyl halides is 1. The topological polar surface area (TPSA) is 0 Å². The SMILES string of the molecule is CC/C=C\CC[Si](C)(C)CCl. The van der Waals surface area contributed by atoms with Crippen molar-refractivity contribution in [1.29, 1.82) is 0 Å². The first-order valence-electron chi connectivity index (χ1n) is 4.33. The van der Waals surface area contributed by atoms with Crippen molar-refractivity contribution < 1.29 is 0 Å². The van der Waals surface area contributed by atoms with E-state index in [4.69, 9.17) is 11.6 Å². The van der Waals surface area contributed by atoms with Gasteiger partial charge in [0.05, 0.1) is 8.07 Å². The summed E-state index contributed by atoms with van der Waals surface area (Å²) in [4.78, 5) is 0. The predicted molar refractivity (Wildman–Crippen MR) is 57.1 cm³/mol. The standard InChI is InChI=1S/C9H19ClSi/c1-4-5-6-7-8-11(2,3)9-10/h5-6H,4,7-9H2,1-3H3/b6-5-. The molecule has 0 saturated carbocycles. The average molecular weight is 191 g/mol. The Morgan fingerprint density at radius 3 is 2.36 bits per heavy atom. The minimum Gasteiger partial charge on any atom is -0.130 e. The molecule has 0 N–H and O–H groups in total. The molecule has 0 heterocycles. The first-order chi connectivity index (χ1) is 5.12. The molecular weight excluding hydrogens is 172 g/mol. The maximum atomic E-state index is 5.84. The maximum absolute atomic E-state index is 5.84. The van der Waals surface area contributed by atoms with E-state index in [9.17, 15) is 0 Å². The molecule has 0 nitrogen and oxygen atoms in total. The van der Waals surface area contributed by atoms with E-state index in [1.54, 1.807) is 0 Å². The van der Waals surface area contributed by atoms with Gasteiger partial charge in [-0.3, -0.25) is 0 Å². The lowest BCUT2D eigenvalue weighted by atomic mass is 10.4. The van der Waals surface area contributed by atoms with Gasteiger partial charge in [-0.1, -0.05) is 38.2 Å². The molecule has 0 aromatic rings. The van der Waals surface area contributed by atoms with Gasteiger partial charge in [-0.15, -0.1) is 11.6 Å². The van der Waals surface area contributed by atoms with Gasteiger partial charge < -0.3 is 0 Å². The van der Waals surface area contributed by atoms with Crippen molar-refractivity contribution >= 4 is 19.7 Å². The molecule has 0 bridgehead atoms. The molecular formula is C9H19ClSi. The number of halogens is 1. The summed E-state index contributed by atoms with van der Waals surface area (Å²) >= 11 is 5.84. The summed E-state index contributed by atoms with van der Waals surface area (Å²) in [6.45, 7) is 6.86. The molecule has 0 amide bonds. The Labute approximate surface area is 76.7 Å². The van der Waals surface area contributed by atoms with Crippen LogP contribution < -0.4 is 0 Å². The van der Waals surface area contributed by atoms with Crippen molar-refractivity contribution in [3.05, 3.63) is 12.2 Å². The molecule has 0 aliphatic rings. The van der Waals surface area contributed by atoms with Crippen molar-refractivity contribution in [1.82, 2.24) is 0 Å². The fourth-order valence-electron chi connectivity index (χ4n) is 0.825. The van der Waals surface area contributed by atoms with Crippen LogP contribution in [0.25, 0.3) is 0 Å². The fourth-order valence-corrected chi connectivity index (χ4v) is 2.31. The normalized spacial score (nSPS) is 12.7. The van der Waals surface area contributed by atoms with E-state index in [1.165, 1.54) is 12.5 Å². The van der Waals surface area contributed by atoms with Crippen LogP contribution in [0.2, 0.25) is 19.1 Å². The lowest BCUT2D eigenvalue weighted by Gasteiger charge is -2.16. The first kappa shape index (κ1) is 11.2. The maximum Gasteiger partial charge on any atom is 0.0642 e. The first-order valence-corrected chi connectivity index (χ1v) is 8.28. The van der Waals surface area contributed by atoms with Crippen molar-refractivity contribution in [2.75, 3.05) is 5.50 Å². The molecule has 66 valence electrons. The smallest absolute Gasteiger partial charge is 0.0642 e. The molecule has 0 aromatic heterocycles. The van der Waals surface area contributed by atoms with E-state index in [0.29, 0.717) is 0 Å². The monoisotopic (exact) mass is 190 g/mol. The second-order valence-electron chi connectivity index (χ2n) is 3.72. The van der Waals surface area contributed by atoms with Gasteiger partial charge in [0.15, 0.2) is 0 Å². The van der Waals surface area contributed by atoms with Crippen LogP contribution in [0.15, 0.2) is 12.2 Å². The lowest BCUT2D eigenvalue weighted by molar-refractivity contribution is 1.12. The zero-order chi connectivity index (χ0) is 8.74. The van der Waals surface area contributed by atoms with E-state index in [-0.39, 0.29) is 0 Å². The van der Waals surface area contributed by atoms with Gasteiger partial charge in [0.2, 0.25) is 0 Å². The summed E-state index contributed by atoms with van der Waals surface area (Å²) in [5, 5.41) is 0. The summed E-state index contributed by atoms with van der Waals surface area (Å²) in [5.41, 5.74) is 0.896. The predicted octanol–water partition coefficient (Wildman–Crippen LogP) is 3.83. The third-order valence-corrected chi connectivity index (χ3v) is 6.29. The van der Waals surface area contributed by atoms with Crippen LogP contribution in [0, 0.1) is 0 Å². The summed E-state index contributed by atoms with van der Waals surface area (Å²) in [5.74, 6) is 0. The van der Waals surface area contributed by atoms with Crippen LogP contribution in [-0.4, -0.2) is 13.6 Å². The van der Waals surface area contributed by atoms with Crippen LogP contribution in [0.1, 0.15) is 19.8 Å². The number of rotatable bonds is 5. The molecule has 0 atom stereocenters. The minimum absolute atomic E-state index is 0.896. The highest BCUT2D eigenvalue weighted by molar-refractivity contribution is 6.83. The van der Waals surface area contributed by atoms with Gasteiger partial charge >= 0.3 is 0 Å². The van der Waals surface area contributed by atoms with Crippen LogP contribution in [-0.2, 0) is 0 Å². The second kappa shape index (κ2) is 5.84. The molecule has 11 heavy (non-hydrogen) atoms. The highest BCUT2D eigenvalue weighted by Gasteiger charge is 2.17. The second-order valence-corrected chi connectivity index (χ2v) is 9.61. The molecule has 0 aliphatic heterocycles. The van der Waals surface area contributed by atoms with Crippen molar-refractivity contribution in [3.8, 4) is 0 Å². The molecule has 2 heteroatoms. The zero-order valence-corrected chi connectivity index (χ0v) is 9.62. The molecule has 0 aliphatic carbocycles. The van der Waals surface area contributed by atoms with E-state index in [2.05, 4.69) is 32.2 Å². The van der Waals surface area contributed by atoms with E-state index >= 15 is 0 Å². The lowest BCUT2D eigenvalue weighted by Crippen LogP contribution is -2.27. The number of allylic oxidation sites excluding steroid dienone is 2. The minimum atomic E-state index is -1.01. The molecule has 0 rings (SSSR count). The van der Waals surface area contributed by atoms with Gasteiger partial charge in [-0.25, -0.2) is 0 Å². The quantitative estimate of drug-likeness (QED) is 0.351. The van der Waals surface area contributed by atoms with E-state index in [1.807, 2.05) is 0 Å². The Morgan fingerprint density at radius 2 is 1.91 bits per heavy atom. The van der Waals surface area contributed by atoms with Crippen LogP contribution in [0.5, 0.6) is 0 Å². The molecule has 0 spiro atoms. The van der Waals surface area contributed by atoms with Gasteiger partial charge in [0, 0.05) is 5.50 Å². The number of hydrogen-bond acceptors (Lipinski definition) is 0. The Bertz CT molecular complexity index is 119. The van der Waals surface area contributed by atoms with Gasteiger partial charge in [-0.05, 0) is 12.8 Å². The summed E-state index contributed by atoms with van der Waals surface area (Å²) in [6.07, 6.45) is 6.89. The Kier molecular flexibility index (Phi) is 5.97. The molecule has 0 fully saturated rings. The molecule has 0 unspecified atom stereocenters. The zero-order valence-electron chi connectivity index (χ0n) is 7.86. The Balaban J connectivity index is 3.45. The van der Waals surface area contributed by atoms with Crippen LogP contribution in [0.4, 0.5) is 0 Å². The summed E-state index contributed by atoms with van der Waals surface area (Å²) < 4.78 is 0. The van der Waals surface area contributed by atoms with Crippen LogP contribution in [0.3, 0.4) is 0 Å². The highest BCUT2D eigenvalue weighted by atomic mass is 35.5. The average Bonchev–Trinajstić information content (AvgIpc) is 1.99. The van der Waals surface area contributed by atoms with Gasteiger partial charge in [0.25, 0.3) is 0 Å². The van der Waals surface area contributed by atoms with Gasteiger partial charge in [-0.2, -0.15) is 0 Å². The van der Waals surface area contributed by atoms with E-state index < -0.39 is 8.07 Å². The summed E-state index contributed by atoms with van der Waals surface area (Å²) in [7, 11) is -1.01. The fraction of sp³-hybridized carbons (Fsp3) is 0.778. The molecule has 0 aromatic carbocycles. The Hall–Kier alpha value is 0.247. The molecule has 0 radical (unpaired) electrons. The highest BCUT2D eigenvalue weighted by Crippen LogP contribution is 2.13. The third-order valence-electron chi connectivity index (χ3n) is 1.75. The third kappa shape index (κ3) is 6.64. The molecule has 0 saturated heterocycles. The van der Waals surface area contributed by atoms with E-state index in [0.717, 1.165) is 11.9 Å². The van der Waals surface area contributed by atoms with Crippen LogP contribution >= 0.6 is 11.6 Å². The van der Waals surface area contributed by atoms with Crippen molar-refractivity contribution in [2.24, 2.45) is 0 Å². The summed E-state index contributed by atoms with van der Waals surface area (Å²) in [6, 6.07) is 1.33. The van der Waals surface area contributed by atoms with Gasteiger partial charge in [0.1, 0.15) is 0 Å². The Morgan fingerprint density at radius 1 is 1.27 bits per heavy atom. The van der Waals surface area contributed by atoms with Crippen molar-refractivity contribution in [2.45, 2.75) is 38.9 Å². The largest absolute Gasteiger partial charge is 0.130 e. The van der Waals surface area contributed by atoms with Crippen molar-refractivity contribution in [3.63, 3.8) is 0 Å².